The molecule has 0 unspecified atom stereocenters. The lowest BCUT2D eigenvalue weighted by Gasteiger charge is -2.30. The van der Waals surface area contributed by atoms with Crippen LogP contribution in [0.2, 0.25) is 0 Å². The van der Waals surface area contributed by atoms with Crippen molar-refractivity contribution in [2.75, 3.05) is 31.5 Å². The van der Waals surface area contributed by atoms with E-state index in [1.54, 1.807) is 28.0 Å². The van der Waals surface area contributed by atoms with Crippen LogP contribution < -0.4 is 5.32 Å². The monoisotopic (exact) mass is 343 g/mol. The highest BCUT2D eigenvalue weighted by Crippen LogP contribution is 2.20. The van der Waals surface area contributed by atoms with Crippen LogP contribution in [0, 0.1) is 0 Å². The Bertz CT molecular complexity index is 661. The maximum Gasteiger partial charge on any atom is 0.254 e. The normalized spacial score (nSPS) is 23.6. The first kappa shape index (κ1) is 17.5. The summed E-state index contributed by atoms with van der Waals surface area (Å²) in [4.78, 5) is 28.4. The van der Waals surface area contributed by atoms with Gasteiger partial charge < -0.3 is 20.2 Å². The molecule has 0 saturated carbocycles. The maximum atomic E-state index is 12.6. The van der Waals surface area contributed by atoms with Gasteiger partial charge >= 0.3 is 0 Å². The number of benzene rings is 1. The molecule has 0 bridgehead atoms. The summed E-state index contributed by atoms with van der Waals surface area (Å²) in [6, 6.07) is 6.98. The summed E-state index contributed by atoms with van der Waals surface area (Å²) in [6.07, 6.45) is 3.60. The van der Waals surface area contributed by atoms with Gasteiger partial charge in [-0.2, -0.15) is 0 Å². The smallest absolute Gasteiger partial charge is 0.254 e. The highest BCUT2D eigenvalue weighted by atomic mass is 16.3. The Morgan fingerprint density at radius 3 is 2.96 bits per heavy atom. The number of hydrogen-bond acceptors (Lipinski definition) is 4. The molecule has 0 radical (unpaired) electrons. The van der Waals surface area contributed by atoms with Crippen molar-refractivity contribution in [3.05, 3.63) is 42.5 Å². The minimum Gasteiger partial charge on any atom is -0.391 e. The van der Waals surface area contributed by atoms with Crippen LogP contribution in [-0.4, -0.2) is 65.0 Å². The Balaban J connectivity index is 1.66. The summed E-state index contributed by atoms with van der Waals surface area (Å²) >= 11 is 0. The van der Waals surface area contributed by atoms with E-state index in [1.807, 2.05) is 12.1 Å². The van der Waals surface area contributed by atoms with E-state index < -0.39 is 6.10 Å². The molecule has 1 aromatic carbocycles. The van der Waals surface area contributed by atoms with Crippen LogP contribution in [0.4, 0.5) is 5.69 Å². The first-order valence-electron chi connectivity index (χ1n) is 8.82. The molecule has 0 aliphatic carbocycles. The van der Waals surface area contributed by atoms with Gasteiger partial charge in [0.05, 0.1) is 6.10 Å². The van der Waals surface area contributed by atoms with Crippen LogP contribution >= 0.6 is 0 Å². The standard InChI is InChI=1S/C19H25N3O3/c1-2-9-21-11-8-17(19(21)25)20-15-6-3-5-14(12-15)18(24)22-10-4-7-16(23)13-22/h2-3,5-6,12,16-17,20,23H,1,4,7-11,13H2/t16-,17-/m1/s1. The number of aliphatic hydroxyl groups is 1. The summed E-state index contributed by atoms with van der Waals surface area (Å²) in [5.74, 6) is -0.00999. The molecule has 0 aromatic heterocycles. The van der Waals surface area contributed by atoms with Gasteiger partial charge in [-0.3, -0.25) is 9.59 Å². The van der Waals surface area contributed by atoms with Gasteiger partial charge in [0.1, 0.15) is 6.04 Å². The molecule has 2 aliphatic heterocycles. The number of piperidine rings is 1. The number of hydrogen-bond donors (Lipinski definition) is 2. The van der Waals surface area contributed by atoms with Gasteiger partial charge in [-0.05, 0) is 37.5 Å². The predicted octanol–water partition coefficient (Wildman–Crippen LogP) is 1.48. The summed E-state index contributed by atoms with van der Waals surface area (Å²) in [6.45, 7) is 6.01. The summed E-state index contributed by atoms with van der Waals surface area (Å²) in [5.41, 5.74) is 1.34. The fourth-order valence-corrected chi connectivity index (χ4v) is 3.47. The molecule has 0 spiro atoms. The number of aliphatic hydroxyl groups excluding tert-OH is 1. The third kappa shape index (κ3) is 4.02. The first-order chi connectivity index (χ1) is 12.1. The van der Waals surface area contributed by atoms with Crippen LogP contribution in [-0.2, 0) is 4.79 Å². The maximum absolute atomic E-state index is 12.6. The molecule has 2 saturated heterocycles. The van der Waals surface area contributed by atoms with Crippen molar-refractivity contribution >= 4 is 17.5 Å². The topological polar surface area (TPSA) is 72.9 Å². The fraction of sp³-hybridized carbons (Fsp3) is 0.474. The van der Waals surface area contributed by atoms with Crippen LogP contribution in [0.25, 0.3) is 0 Å². The molecule has 2 N–H and O–H groups in total. The summed E-state index contributed by atoms with van der Waals surface area (Å²) in [7, 11) is 0. The van der Waals surface area contributed by atoms with Gasteiger partial charge in [0.15, 0.2) is 0 Å². The van der Waals surface area contributed by atoms with E-state index in [4.69, 9.17) is 0 Å². The van der Waals surface area contributed by atoms with Crippen molar-refractivity contribution < 1.29 is 14.7 Å². The Labute approximate surface area is 148 Å². The molecule has 134 valence electrons. The molecule has 2 amide bonds. The Kier molecular flexibility index (Phi) is 5.38. The van der Waals surface area contributed by atoms with Crippen LogP contribution in [0.1, 0.15) is 29.6 Å². The van der Waals surface area contributed by atoms with E-state index in [0.29, 0.717) is 31.7 Å². The zero-order valence-corrected chi connectivity index (χ0v) is 14.4. The van der Waals surface area contributed by atoms with Crippen molar-refractivity contribution in [2.45, 2.75) is 31.4 Å². The molecule has 6 nitrogen and oxygen atoms in total. The number of β-amino-alcohol motifs (C(OH)–C–C–N with tert-alkyl or cyclic N) is 1. The second-order valence-corrected chi connectivity index (χ2v) is 6.69. The molecule has 25 heavy (non-hydrogen) atoms. The quantitative estimate of drug-likeness (QED) is 0.795. The van der Waals surface area contributed by atoms with Gasteiger partial charge in [-0.1, -0.05) is 12.1 Å². The number of rotatable bonds is 5. The molecule has 3 rings (SSSR count). The van der Waals surface area contributed by atoms with Crippen molar-refractivity contribution in [3.63, 3.8) is 0 Å². The number of carbonyl (C=O) groups excluding carboxylic acids is 2. The highest BCUT2D eigenvalue weighted by molar-refractivity contribution is 5.95. The minimum atomic E-state index is -0.439. The van der Waals surface area contributed by atoms with E-state index >= 15 is 0 Å². The largest absolute Gasteiger partial charge is 0.391 e. The third-order valence-electron chi connectivity index (χ3n) is 4.78. The second-order valence-electron chi connectivity index (χ2n) is 6.69. The Morgan fingerprint density at radius 1 is 1.36 bits per heavy atom. The van der Waals surface area contributed by atoms with Crippen LogP contribution in [0.15, 0.2) is 36.9 Å². The number of carbonyl (C=O) groups is 2. The zero-order chi connectivity index (χ0) is 17.8. The van der Waals surface area contributed by atoms with E-state index in [2.05, 4.69) is 11.9 Å². The SMILES string of the molecule is C=CCN1CC[C@@H](Nc2cccc(C(=O)N3CCC[C@@H](O)C3)c2)C1=O. The molecule has 1 aromatic rings. The van der Waals surface area contributed by atoms with Gasteiger partial charge in [0, 0.05) is 37.4 Å². The Hall–Kier alpha value is -2.34. The molecular formula is C19H25N3O3. The summed E-state index contributed by atoms with van der Waals surface area (Å²) < 4.78 is 0. The number of anilines is 1. The van der Waals surface area contributed by atoms with E-state index in [9.17, 15) is 14.7 Å². The number of likely N-dealkylation sites (tertiary alicyclic amines) is 2. The van der Waals surface area contributed by atoms with Crippen molar-refractivity contribution in [1.82, 2.24) is 9.80 Å². The molecule has 6 heteroatoms. The van der Waals surface area contributed by atoms with Crippen molar-refractivity contribution in [3.8, 4) is 0 Å². The minimum absolute atomic E-state index is 0.0655. The third-order valence-corrected chi connectivity index (χ3v) is 4.78. The van der Waals surface area contributed by atoms with E-state index in [1.165, 1.54) is 0 Å². The first-order valence-corrected chi connectivity index (χ1v) is 8.82. The van der Waals surface area contributed by atoms with Crippen molar-refractivity contribution in [1.29, 1.82) is 0 Å². The number of nitrogens with one attached hydrogen (secondary N) is 1. The van der Waals surface area contributed by atoms with E-state index in [0.717, 1.165) is 24.9 Å². The van der Waals surface area contributed by atoms with Crippen LogP contribution in [0.5, 0.6) is 0 Å². The van der Waals surface area contributed by atoms with E-state index in [-0.39, 0.29) is 17.9 Å². The van der Waals surface area contributed by atoms with Gasteiger partial charge in [0.25, 0.3) is 5.91 Å². The second kappa shape index (κ2) is 7.70. The average molecular weight is 343 g/mol. The fourth-order valence-electron chi connectivity index (χ4n) is 3.47. The lowest BCUT2D eigenvalue weighted by atomic mass is 10.1. The van der Waals surface area contributed by atoms with Gasteiger partial charge in [0.2, 0.25) is 5.91 Å². The average Bonchev–Trinajstić information content (AvgIpc) is 2.95. The molecule has 2 fully saturated rings. The molecule has 2 atom stereocenters. The lowest BCUT2D eigenvalue weighted by molar-refractivity contribution is -0.127. The number of amides is 2. The number of nitrogens with zero attached hydrogens (tertiary/aromatic N) is 2. The highest BCUT2D eigenvalue weighted by Gasteiger charge is 2.30. The lowest BCUT2D eigenvalue weighted by Crippen LogP contribution is -2.42. The Morgan fingerprint density at radius 2 is 2.20 bits per heavy atom. The van der Waals surface area contributed by atoms with Crippen molar-refractivity contribution in [2.24, 2.45) is 0 Å². The van der Waals surface area contributed by atoms with Crippen LogP contribution in [0.3, 0.4) is 0 Å². The van der Waals surface area contributed by atoms with Gasteiger partial charge in [-0.25, -0.2) is 0 Å². The zero-order valence-electron chi connectivity index (χ0n) is 14.4. The molecular weight excluding hydrogens is 318 g/mol. The van der Waals surface area contributed by atoms with Gasteiger partial charge in [-0.15, -0.1) is 6.58 Å². The summed E-state index contributed by atoms with van der Waals surface area (Å²) in [5, 5.41) is 13.0. The molecule has 2 heterocycles. The molecule has 2 aliphatic rings. The predicted molar refractivity (Wildman–Crippen MR) is 96.4 cm³/mol.